The van der Waals surface area contributed by atoms with Gasteiger partial charge in [-0.3, -0.25) is 4.79 Å². The zero-order chi connectivity index (χ0) is 13.2. The van der Waals surface area contributed by atoms with Gasteiger partial charge in [0.1, 0.15) is 5.75 Å². The van der Waals surface area contributed by atoms with E-state index in [4.69, 9.17) is 4.74 Å². The van der Waals surface area contributed by atoms with Crippen LogP contribution in [-0.4, -0.2) is 17.5 Å². The van der Waals surface area contributed by atoms with Gasteiger partial charge in [0.05, 0.1) is 12.3 Å². The number of aromatic nitrogens is 1. The van der Waals surface area contributed by atoms with E-state index in [1.54, 1.807) is 0 Å². The molecule has 1 aliphatic heterocycles. The molecule has 0 bridgehead atoms. The van der Waals surface area contributed by atoms with E-state index in [9.17, 15) is 4.79 Å². The van der Waals surface area contributed by atoms with Crippen LogP contribution in [0.25, 0.3) is 11.3 Å². The van der Waals surface area contributed by atoms with E-state index in [-0.39, 0.29) is 5.91 Å². The average Bonchev–Trinajstić information content (AvgIpc) is 3.05. The molecule has 98 valence electrons. The maximum atomic E-state index is 11.3. The highest BCUT2D eigenvalue weighted by Gasteiger charge is 2.14. The number of ether oxygens (including phenoxy) is 1. The molecule has 4 nitrogen and oxygen atoms in total. The predicted octanol–water partition coefficient (Wildman–Crippen LogP) is 3.09. The molecule has 2 aromatic rings. The first-order chi connectivity index (χ1) is 9.26. The minimum absolute atomic E-state index is 0.0109. The van der Waals surface area contributed by atoms with E-state index in [0.717, 1.165) is 30.0 Å². The molecule has 2 heterocycles. The van der Waals surface area contributed by atoms with Crippen LogP contribution < -0.4 is 10.1 Å². The summed E-state index contributed by atoms with van der Waals surface area (Å²) in [5, 5.41) is 5.39. The van der Waals surface area contributed by atoms with Crippen molar-refractivity contribution in [2.75, 3.05) is 11.9 Å². The van der Waals surface area contributed by atoms with Crippen molar-refractivity contribution in [2.45, 2.75) is 19.8 Å². The number of rotatable bonds is 3. The molecule has 1 amide bonds. The molecule has 19 heavy (non-hydrogen) atoms. The number of benzene rings is 1. The Bertz CT molecular complexity index is 622. The van der Waals surface area contributed by atoms with Crippen LogP contribution in [0, 0.1) is 0 Å². The Labute approximate surface area is 115 Å². The van der Waals surface area contributed by atoms with Crippen molar-refractivity contribution in [2.24, 2.45) is 0 Å². The number of nitrogens with zero attached hydrogens (tertiary/aromatic N) is 1. The Morgan fingerprint density at radius 3 is 3.26 bits per heavy atom. The third kappa shape index (κ3) is 2.46. The van der Waals surface area contributed by atoms with Gasteiger partial charge in [0.15, 0.2) is 5.13 Å². The number of amides is 1. The Balaban J connectivity index is 1.84. The SMILES string of the molecule is CCC(=O)Nc1nc(-c2ccc3c(c2)CCO3)cs1. The molecule has 1 aliphatic rings. The minimum Gasteiger partial charge on any atom is -0.493 e. The molecule has 1 N–H and O–H groups in total. The van der Waals surface area contributed by atoms with Crippen LogP contribution in [0.4, 0.5) is 5.13 Å². The summed E-state index contributed by atoms with van der Waals surface area (Å²) in [6.07, 6.45) is 1.41. The minimum atomic E-state index is -0.0109. The molecule has 0 spiro atoms. The summed E-state index contributed by atoms with van der Waals surface area (Å²) in [6, 6.07) is 6.11. The fourth-order valence-corrected chi connectivity index (χ4v) is 2.75. The summed E-state index contributed by atoms with van der Waals surface area (Å²) in [7, 11) is 0. The van der Waals surface area contributed by atoms with E-state index >= 15 is 0 Å². The van der Waals surface area contributed by atoms with Gasteiger partial charge in [0.2, 0.25) is 5.91 Å². The lowest BCUT2D eigenvalue weighted by atomic mass is 10.1. The van der Waals surface area contributed by atoms with Crippen LogP contribution in [0.15, 0.2) is 23.6 Å². The summed E-state index contributed by atoms with van der Waals surface area (Å²) in [5.74, 6) is 0.960. The van der Waals surface area contributed by atoms with E-state index in [1.165, 1.54) is 16.9 Å². The Hall–Kier alpha value is -1.88. The van der Waals surface area contributed by atoms with Crippen molar-refractivity contribution >= 4 is 22.4 Å². The number of anilines is 1. The summed E-state index contributed by atoms with van der Waals surface area (Å²) in [4.78, 5) is 15.8. The number of nitrogens with one attached hydrogen (secondary N) is 1. The monoisotopic (exact) mass is 274 g/mol. The van der Waals surface area contributed by atoms with Crippen LogP contribution in [0.1, 0.15) is 18.9 Å². The van der Waals surface area contributed by atoms with Crippen LogP contribution in [-0.2, 0) is 11.2 Å². The lowest BCUT2D eigenvalue weighted by Gasteiger charge is -2.01. The first-order valence-electron chi connectivity index (χ1n) is 6.27. The third-order valence-corrected chi connectivity index (χ3v) is 3.81. The van der Waals surface area contributed by atoms with E-state index in [2.05, 4.69) is 16.4 Å². The molecular weight excluding hydrogens is 260 g/mol. The number of fused-ring (bicyclic) bond motifs is 1. The second-order valence-electron chi connectivity index (χ2n) is 4.36. The molecule has 0 aliphatic carbocycles. The Morgan fingerprint density at radius 1 is 1.53 bits per heavy atom. The fraction of sp³-hybridized carbons (Fsp3) is 0.286. The maximum absolute atomic E-state index is 11.3. The quantitative estimate of drug-likeness (QED) is 0.935. The van der Waals surface area contributed by atoms with Gasteiger partial charge in [-0.15, -0.1) is 11.3 Å². The van der Waals surface area contributed by atoms with Crippen LogP contribution in [0.3, 0.4) is 0 Å². The van der Waals surface area contributed by atoms with Gasteiger partial charge < -0.3 is 10.1 Å². The highest BCUT2D eigenvalue weighted by molar-refractivity contribution is 7.14. The first-order valence-corrected chi connectivity index (χ1v) is 7.15. The number of thiazole rings is 1. The summed E-state index contributed by atoms with van der Waals surface area (Å²) in [5.41, 5.74) is 3.19. The molecule has 0 radical (unpaired) electrons. The van der Waals surface area contributed by atoms with Gasteiger partial charge in [-0.05, 0) is 23.8 Å². The Morgan fingerprint density at radius 2 is 2.42 bits per heavy atom. The van der Waals surface area contributed by atoms with Crippen molar-refractivity contribution in [3.8, 4) is 17.0 Å². The van der Waals surface area contributed by atoms with Crippen LogP contribution >= 0.6 is 11.3 Å². The second kappa shape index (κ2) is 5.01. The van der Waals surface area contributed by atoms with E-state index in [1.807, 2.05) is 24.4 Å². The number of hydrogen-bond acceptors (Lipinski definition) is 4. The molecule has 0 fully saturated rings. The van der Waals surface area contributed by atoms with Crippen molar-refractivity contribution in [3.05, 3.63) is 29.1 Å². The lowest BCUT2D eigenvalue weighted by Crippen LogP contribution is -2.08. The van der Waals surface area contributed by atoms with Gasteiger partial charge in [0.25, 0.3) is 0 Å². The van der Waals surface area contributed by atoms with Gasteiger partial charge in [-0.2, -0.15) is 0 Å². The van der Waals surface area contributed by atoms with Crippen LogP contribution in [0.5, 0.6) is 5.75 Å². The molecule has 0 saturated carbocycles. The molecule has 5 heteroatoms. The van der Waals surface area contributed by atoms with Crippen LogP contribution in [0.2, 0.25) is 0 Å². The first kappa shape index (κ1) is 12.2. The van der Waals surface area contributed by atoms with Gasteiger partial charge in [0, 0.05) is 23.8 Å². The average molecular weight is 274 g/mol. The number of hydrogen-bond donors (Lipinski definition) is 1. The summed E-state index contributed by atoms with van der Waals surface area (Å²) in [6.45, 7) is 2.58. The van der Waals surface area contributed by atoms with Crippen molar-refractivity contribution < 1.29 is 9.53 Å². The standard InChI is InChI=1S/C14H14N2O2S/c1-2-13(17)16-14-15-11(8-19-14)9-3-4-12-10(7-9)5-6-18-12/h3-4,7-8H,2,5-6H2,1H3,(H,15,16,17). The van der Waals surface area contributed by atoms with Gasteiger partial charge in [-0.25, -0.2) is 4.98 Å². The smallest absolute Gasteiger partial charge is 0.225 e. The molecule has 0 atom stereocenters. The fourth-order valence-electron chi connectivity index (χ4n) is 2.02. The summed E-state index contributed by atoms with van der Waals surface area (Å²) < 4.78 is 5.49. The van der Waals surface area contributed by atoms with Crippen molar-refractivity contribution in [1.82, 2.24) is 4.98 Å². The maximum Gasteiger partial charge on any atom is 0.225 e. The number of carbonyl (C=O) groups is 1. The molecule has 1 aromatic carbocycles. The second-order valence-corrected chi connectivity index (χ2v) is 5.22. The molecule has 3 rings (SSSR count). The van der Waals surface area contributed by atoms with Crippen molar-refractivity contribution in [3.63, 3.8) is 0 Å². The van der Waals surface area contributed by atoms with Crippen molar-refractivity contribution in [1.29, 1.82) is 0 Å². The van der Waals surface area contributed by atoms with Gasteiger partial charge in [-0.1, -0.05) is 6.92 Å². The highest BCUT2D eigenvalue weighted by Crippen LogP contribution is 2.31. The largest absolute Gasteiger partial charge is 0.493 e. The molecule has 0 saturated heterocycles. The highest BCUT2D eigenvalue weighted by atomic mass is 32.1. The zero-order valence-electron chi connectivity index (χ0n) is 10.6. The Kier molecular flexibility index (Phi) is 3.21. The van der Waals surface area contributed by atoms with E-state index in [0.29, 0.717) is 11.6 Å². The molecule has 0 unspecified atom stereocenters. The normalized spacial score (nSPS) is 12.9. The molecule has 1 aromatic heterocycles. The van der Waals surface area contributed by atoms with Gasteiger partial charge >= 0.3 is 0 Å². The molecular formula is C14H14N2O2S. The predicted molar refractivity (Wildman–Crippen MR) is 75.7 cm³/mol. The number of carbonyl (C=O) groups excluding carboxylic acids is 1. The third-order valence-electron chi connectivity index (χ3n) is 3.06. The summed E-state index contributed by atoms with van der Waals surface area (Å²) >= 11 is 1.45. The van der Waals surface area contributed by atoms with E-state index < -0.39 is 0 Å². The lowest BCUT2D eigenvalue weighted by molar-refractivity contribution is -0.115. The topological polar surface area (TPSA) is 51.2 Å². The zero-order valence-corrected chi connectivity index (χ0v) is 11.4.